The zero-order chi connectivity index (χ0) is 11.8. The lowest BCUT2D eigenvalue weighted by Crippen LogP contribution is -2.03. The fourth-order valence-electron chi connectivity index (χ4n) is 2.06. The van der Waals surface area contributed by atoms with Crippen molar-refractivity contribution in [2.24, 2.45) is 0 Å². The molecule has 1 fully saturated rings. The van der Waals surface area contributed by atoms with Crippen molar-refractivity contribution in [2.75, 3.05) is 18.1 Å². The third-order valence-corrected chi connectivity index (χ3v) is 4.39. The fraction of sp³-hybridized carbons (Fsp3) is 0.500. The van der Waals surface area contributed by atoms with Crippen molar-refractivity contribution in [3.05, 3.63) is 11.6 Å². The van der Waals surface area contributed by atoms with Crippen LogP contribution in [0.4, 0.5) is 5.82 Å². The second-order valence-electron chi connectivity index (χ2n) is 3.88. The molecule has 5 nitrogen and oxygen atoms in total. The van der Waals surface area contributed by atoms with E-state index in [-0.39, 0.29) is 5.28 Å². The molecular weight excluding hydrogens is 258 g/mol. The third kappa shape index (κ3) is 1.85. The second kappa shape index (κ2) is 4.34. The average Bonchev–Trinajstić information content (AvgIpc) is 2.94. The van der Waals surface area contributed by atoms with Gasteiger partial charge in [-0.3, -0.25) is 0 Å². The molecular formula is C10H12ClN5S. The molecule has 90 valence electrons. The van der Waals surface area contributed by atoms with E-state index in [2.05, 4.69) is 24.8 Å². The van der Waals surface area contributed by atoms with Gasteiger partial charge in [0.15, 0.2) is 17.0 Å². The van der Waals surface area contributed by atoms with Crippen LogP contribution in [0.25, 0.3) is 11.2 Å². The number of hydrogen-bond acceptors (Lipinski definition) is 5. The molecule has 1 atom stereocenters. The maximum absolute atomic E-state index is 5.93. The van der Waals surface area contributed by atoms with E-state index in [1.807, 2.05) is 18.1 Å². The molecule has 2 aromatic heterocycles. The van der Waals surface area contributed by atoms with Crippen molar-refractivity contribution in [2.45, 2.75) is 18.2 Å². The molecule has 3 heterocycles. The first kappa shape index (κ1) is 11.1. The van der Waals surface area contributed by atoms with Gasteiger partial charge in [0.25, 0.3) is 0 Å². The molecule has 0 saturated carbocycles. The Kier molecular flexibility index (Phi) is 2.84. The summed E-state index contributed by atoms with van der Waals surface area (Å²) in [6, 6.07) is 0. The topological polar surface area (TPSA) is 55.6 Å². The van der Waals surface area contributed by atoms with E-state index >= 15 is 0 Å². The number of nitrogens with one attached hydrogen (secondary N) is 1. The first-order valence-electron chi connectivity index (χ1n) is 5.49. The molecule has 0 unspecified atom stereocenters. The van der Waals surface area contributed by atoms with Gasteiger partial charge in [-0.2, -0.15) is 9.97 Å². The summed E-state index contributed by atoms with van der Waals surface area (Å²) in [6.07, 6.45) is 4.23. The highest BCUT2D eigenvalue weighted by Gasteiger charge is 2.21. The fourth-order valence-corrected chi connectivity index (χ4v) is 3.47. The number of rotatable bonds is 2. The molecule has 0 bridgehead atoms. The summed E-state index contributed by atoms with van der Waals surface area (Å²) in [5, 5.41) is 3.68. The standard InChI is InChI=1S/C10H12ClN5S/c1-12-8-7-9(15-10(11)14-8)16(5-13-7)6-3-2-4-17-6/h5-6H,2-4H2,1H3,(H,12,14,15)/t6-/m1/s1. The van der Waals surface area contributed by atoms with Crippen LogP contribution in [-0.2, 0) is 0 Å². The zero-order valence-corrected chi connectivity index (χ0v) is 10.9. The monoisotopic (exact) mass is 269 g/mol. The van der Waals surface area contributed by atoms with Gasteiger partial charge in [-0.15, -0.1) is 11.8 Å². The summed E-state index contributed by atoms with van der Waals surface area (Å²) < 4.78 is 2.10. The van der Waals surface area contributed by atoms with E-state index in [1.54, 1.807) is 7.05 Å². The SMILES string of the molecule is CNc1nc(Cl)nc2c1ncn2[C@H]1CCCS1. The average molecular weight is 270 g/mol. The van der Waals surface area contributed by atoms with Gasteiger partial charge >= 0.3 is 0 Å². The largest absolute Gasteiger partial charge is 0.371 e. The molecule has 0 aliphatic carbocycles. The van der Waals surface area contributed by atoms with E-state index in [9.17, 15) is 0 Å². The van der Waals surface area contributed by atoms with Crippen molar-refractivity contribution in [1.82, 2.24) is 19.5 Å². The van der Waals surface area contributed by atoms with Crippen LogP contribution in [0.1, 0.15) is 18.2 Å². The number of anilines is 1. The Morgan fingerprint density at radius 2 is 2.41 bits per heavy atom. The minimum absolute atomic E-state index is 0.256. The maximum atomic E-state index is 5.93. The summed E-state index contributed by atoms with van der Waals surface area (Å²) in [5.74, 6) is 1.88. The molecule has 0 amide bonds. The Morgan fingerprint density at radius 1 is 1.53 bits per heavy atom. The molecule has 1 aliphatic heterocycles. The van der Waals surface area contributed by atoms with Crippen molar-refractivity contribution >= 4 is 40.3 Å². The zero-order valence-electron chi connectivity index (χ0n) is 9.35. The van der Waals surface area contributed by atoms with Gasteiger partial charge in [0.2, 0.25) is 5.28 Å². The summed E-state index contributed by atoms with van der Waals surface area (Å²) in [5.41, 5.74) is 1.60. The van der Waals surface area contributed by atoms with Crippen LogP contribution < -0.4 is 5.32 Å². The van der Waals surface area contributed by atoms with Crippen molar-refractivity contribution < 1.29 is 0 Å². The highest BCUT2D eigenvalue weighted by Crippen LogP contribution is 2.37. The van der Waals surface area contributed by atoms with Gasteiger partial charge in [0.05, 0.1) is 11.7 Å². The number of thioether (sulfide) groups is 1. The van der Waals surface area contributed by atoms with Crippen LogP contribution in [0.5, 0.6) is 0 Å². The van der Waals surface area contributed by atoms with Gasteiger partial charge in [-0.05, 0) is 30.2 Å². The Bertz CT molecular complexity index is 549. The number of halogens is 1. The first-order valence-corrected chi connectivity index (χ1v) is 6.91. The van der Waals surface area contributed by atoms with Crippen LogP contribution in [0.2, 0.25) is 5.28 Å². The van der Waals surface area contributed by atoms with Gasteiger partial charge in [-0.1, -0.05) is 0 Å². The lowest BCUT2D eigenvalue weighted by molar-refractivity contribution is 0.654. The summed E-state index contributed by atoms with van der Waals surface area (Å²) >= 11 is 7.86. The molecule has 2 aromatic rings. The van der Waals surface area contributed by atoms with Crippen molar-refractivity contribution in [1.29, 1.82) is 0 Å². The Balaban J connectivity index is 2.17. The predicted molar refractivity (Wildman–Crippen MR) is 70.6 cm³/mol. The van der Waals surface area contributed by atoms with Crippen molar-refractivity contribution in [3.63, 3.8) is 0 Å². The molecule has 0 aromatic carbocycles. The van der Waals surface area contributed by atoms with E-state index in [0.29, 0.717) is 11.2 Å². The molecule has 1 aliphatic rings. The minimum atomic E-state index is 0.256. The molecule has 7 heteroatoms. The normalized spacial score (nSPS) is 20.0. The van der Waals surface area contributed by atoms with Crippen LogP contribution >= 0.6 is 23.4 Å². The van der Waals surface area contributed by atoms with Gasteiger partial charge in [0, 0.05) is 7.05 Å². The van der Waals surface area contributed by atoms with E-state index in [0.717, 1.165) is 17.6 Å². The lowest BCUT2D eigenvalue weighted by atomic mass is 10.3. The van der Waals surface area contributed by atoms with Crippen molar-refractivity contribution in [3.8, 4) is 0 Å². The van der Waals surface area contributed by atoms with Crippen LogP contribution in [0.15, 0.2) is 6.33 Å². The number of aromatic nitrogens is 4. The number of fused-ring (bicyclic) bond motifs is 1. The smallest absolute Gasteiger partial charge is 0.226 e. The second-order valence-corrected chi connectivity index (χ2v) is 5.51. The molecule has 17 heavy (non-hydrogen) atoms. The number of imidazole rings is 1. The van der Waals surface area contributed by atoms with Gasteiger partial charge in [0.1, 0.15) is 0 Å². The van der Waals surface area contributed by atoms with Crippen LogP contribution in [-0.4, -0.2) is 32.3 Å². The molecule has 0 spiro atoms. The van der Waals surface area contributed by atoms with E-state index in [4.69, 9.17) is 11.6 Å². The van der Waals surface area contributed by atoms with E-state index < -0.39 is 0 Å². The van der Waals surface area contributed by atoms with Crippen LogP contribution in [0, 0.1) is 0 Å². The summed E-state index contributed by atoms with van der Waals surface area (Å²) in [7, 11) is 1.81. The molecule has 1 N–H and O–H groups in total. The quantitative estimate of drug-likeness (QED) is 0.849. The Hall–Kier alpha value is -1.01. The Morgan fingerprint density at radius 3 is 3.12 bits per heavy atom. The number of nitrogens with zero attached hydrogens (tertiary/aromatic N) is 4. The maximum Gasteiger partial charge on any atom is 0.226 e. The van der Waals surface area contributed by atoms with E-state index in [1.165, 1.54) is 12.2 Å². The Labute approximate surface area is 108 Å². The highest BCUT2D eigenvalue weighted by atomic mass is 35.5. The molecule has 3 rings (SSSR count). The van der Waals surface area contributed by atoms with Crippen LogP contribution in [0.3, 0.4) is 0 Å². The number of hydrogen-bond donors (Lipinski definition) is 1. The predicted octanol–water partition coefficient (Wildman–Crippen LogP) is 2.55. The first-order chi connectivity index (χ1) is 8.29. The third-order valence-electron chi connectivity index (χ3n) is 2.85. The summed E-state index contributed by atoms with van der Waals surface area (Å²) in [6.45, 7) is 0. The molecule has 1 saturated heterocycles. The highest BCUT2D eigenvalue weighted by molar-refractivity contribution is 7.99. The lowest BCUT2D eigenvalue weighted by Gasteiger charge is -2.10. The van der Waals surface area contributed by atoms with Gasteiger partial charge < -0.3 is 9.88 Å². The minimum Gasteiger partial charge on any atom is -0.371 e. The summed E-state index contributed by atoms with van der Waals surface area (Å²) in [4.78, 5) is 12.8. The van der Waals surface area contributed by atoms with Gasteiger partial charge in [-0.25, -0.2) is 4.98 Å². The molecule has 0 radical (unpaired) electrons.